The Bertz CT molecular complexity index is 843. The molecule has 24 heavy (non-hydrogen) atoms. The van der Waals surface area contributed by atoms with Gasteiger partial charge in [-0.2, -0.15) is 0 Å². The molecule has 0 fully saturated rings. The van der Waals surface area contributed by atoms with Crippen molar-refractivity contribution < 1.29 is 9.53 Å². The van der Waals surface area contributed by atoms with Gasteiger partial charge >= 0.3 is 0 Å². The lowest BCUT2D eigenvalue weighted by molar-refractivity contribution is 0.102. The number of ether oxygens (including phenoxy) is 1. The first-order valence-corrected chi connectivity index (χ1v) is 8.29. The minimum atomic E-state index is -0.185. The van der Waals surface area contributed by atoms with Crippen LogP contribution < -0.4 is 10.1 Å². The molecule has 0 radical (unpaired) electrons. The number of methoxy groups -OCH3 is 1. The minimum absolute atomic E-state index is 0.185. The van der Waals surface area contributed by atoms with Crippen molar-refractivity contribution in [2.75, 3.05) is 12.4 Å². The van der Waals surface area contributed by atoms with Gasteiger partial charge < -0.3 is 4.74 Å². The van der Waals surface area contributed by atoms with Crippen LogP contribution in [-0.4, -0.2) is 23.2 Å². The number of hydrogen-bond acceptors (Lipinski definition) is 5. The fraction of sp³-hybridized carbons (Fsp3) is 0.167. The van der Waals surface area contributed by atoms with E-state index in [2.05, 4.69) is 15.5 Å². The van der Waals surface area contributed by atoms with Crippen LogP contribution in [0, 0.1) is 6.92 Å². The molecule has 3 rings (SSSR count). The highest BCUT2D eigenvalue weighted by Gasteiger charge is 2.12. The summed E-state index contributed by atoms with van der Waals surface area (Å²) in [4.78, 5) is 12.2. The quantitative estimate of drug-likeness (QED) is 0.770. The van der Waals surface area contributed by atoms with Gasteiger partial charge in [0.1, 0.15) is 10.8 Å². The molecule has 3 aromatic rings. The zero-order valence-corrected chi connectivity index (χ0v) is 14.3. The number of nitrogens with one attached hydrogen (secondary N) is 1. The van der Waals surface area contributed by atoms with Crippen molar-refractivity contribution in [1.29, 1.82) is 0 Å². The van der Waals surface area contributed by atoms with E-state index in [-0.39, 0.29) is 5.91 Å². The molecule has 0 aliphatic carbocycles. The molecular formula is C18H17N3O2S. The number of benzene rings is 2. The fourth-order valence-electron chi connectivity index (χ4n) is 2.26. The number of rotatable bonds is 5. The molecular weight excluding hydrogens is 322 g/mol. The summed E-state index contributed by atoms with van der Waals surface area (Å²) in [6.45, 7) is 1.98. The number of carbonyl (C=O) groups excluding carboxylic acids is 1. The van der Waals surface area contributed by atoms with E-state index < -0.39 is 0 Å². The van der Waals surface area contributed by atoms with Crippen molar-refractivity contribution in [3.8, 4) is 5.75 Å². The lowest BCUT2D eigenvalue weighted by atomic mass is 10.1. The smallest absolute Gasteiger partial charge is 0.257 e. The van der Waals surface area contributed by atoms with E-state index >= 15 is 0 Å². The lowest BCUT2D eigenvalue weighted by Crippen LogP contribution is -2.11. The first-order chi connectivity index (χ1) is 11.7. The van der Waals surface area contributed by atoms with Crippen LogP contribution in [0.2, 0.25) is 0 Å². The summed E-state index contributed by atoms with van der Waals surface area (Å²) in [6, 6.07) is 15.2. The summed E-state index contributed by atoms with van der Waals surface area (Å²) in [5.41, 5.74) is 2.75. The van der Waals surface area contributed by atoms with Gasteiger partial charge in [0.25, 0.3) is 5.91 Å². The second-order valence-electron chi connectivity index (χ2n) is 5.31. The number of amides is 1. The maximum Gasteiger partial charge on any atom is 0.257 e. The molecule has 1 aromatic heterocycles. The van der Waals surface area contributed by atoms with E-state index in [1.165, 1.54) is 11.3 Å². The van der Waals surface area contributed by atoms with Crippen molar-refractivity contribution in [3.63, 3.8) is 0 Å². The highest BCUT2D eigenvalue weighted by molar-refractivity contribution is 7.15. The van der Waals surface area contributed by atoms with Crippen LogP contribution in [0.5, 0.6) is 5.75 Å². The molecule has 0 aliphatic rings. The normalized spacial score (nSPS) is 10.4. The summed E-state index contributed by atoms with van der Waals surface area (Å²) in [6.07, 6.45) is 0.613. The Hall–Kier alpha value is -2.73. The SMILES string of the molecule is COc1ccccc1Cc1nnc(NC(=O)c2ccc(C)cc2)s1. The van der Waals surface area contributed by atoms with E-state index in [0.29, 0.717) is 17.1 Å². The molecule has 1 heterocycles. The van der Waals surface area contributed by atoms with Crippen LogP contribution in [0.4, 0.5) is 5.13 Å². The van der Waals surface area contributed by atoms with Gasteiger partial charge in [0.15, 0.2) is 0 Å². The minimum Gasteiger partial charge on any atom is -0.496 e. The van der Waals surface area contributed by atoms with E-state index in [0.717, 1.165) is 21.9 Å². The van der Waals surface area contributed by atoms with Crippen LogP contribution in [0.25, 0.3) is 0 Å². The molecule has 0 atom stereocenters. The third-order valence-corrected chi connectivity index (χ3v) is 4.37. The van der Waals surface area contributed by atoms with Gasteiger partial charge in [0.05, 0.1) is 7.11 Å². The Morgan fingerprint density at radius 1 is 1.12 bits per heavy atom. The van der Waals surface area contributed by atoms with Gasteiger partial charge in [-0.05, 0) is 25.1 Å². The third kappa shape index (κ3) is 3.78. The average molecular weight is 339 g/mol. The second kappa shape index (κ2) is 7.23. The monoisotopic (exact) mass is 339 g/mol. The molecule has 5 nitrogen and oxygen atoms in total. The van der Waals surface area contributed by atoms with Gasteiger partial charge in [-0.1, -0.05) is 47.2 Å². The number of para-hydroxylation sites is 1. The Labute approximate surface area is 144 Å². The van der Waals surface area contributed by atoms with E-state index in [4.69, 9.17) is 4.74 Å². The van der Waals surface area contributed by atoms with Crippen molar-refractivity contribution in [2.24, 2.45) is 0 Å². The van der Waals surface area contributed by atoms with Crippen LogP contribution >= 0.6 is 11.3 Å². The molecule has 0 unspecified atom stereocenters. The molecule has 6 heteroatoms. The first-order valence-electron chi connectivity index (χ1n) is 7.48. The van der Waals surface area contributed by atoms with Crippen LogP contribution in [-0.2, 0) is 6.42 Å². The molecule has 0 aliphatic heterocycles. The largest absolute Gasteiger partial charge is 0.496 e. The predicted molar refractivity (Wildman–Crippen MR) is 94.8 cm³/mol. The average Bonchev–Trinajstić information content (AvgIpc) is 3.03. The van der Waals surface area contributed by atoms with Crippen molar-refractivity contribution in [1.82, 2.24) is 10.2 Å². The number of hydrogen-bond donors (Lipinski definition) is 1. The number of nitrogens with zero attached hydrogens (tertiary/aromatic N) is 2. The van der Waals surface area contributed by atoms with Crippen LogP contribution in [0.1, 0.15) is 26.5 Å². The van der Waals surface area contributed by atoms with Crippen molar-refractivity contribution >= 4 is 22.4 Å². The molecule has 1 N–H and O–H groups in total. The van der Waals surface area contributed by atoms with Crippen molar-refractivity contribution in [3.05, 3.63) is 70.2 Å². The second-order valence-corrected chi connectivity index (χ2v) is 6.37. The Morgan fingerprint density at radius 3 is 2.62 bits per heavy atom. The number of aryl methyl sites for hydroxylation is 1. The summed E-state index contributed by atoms with van der Waals surface area (Å²) >= 11 is 1.36. The zero-order chi connectivity index (χ0) is 16.9. The summed E-state index contributed by atoms with van der Waals surface area (Å²) in [7, 11) is 1.64. The topological polar surface area (TPSA) is 64.1 Å². The predicted octanol–water partition coefficient (Wildman–Crippen LogP) is 3.70. The van der Waals surface area contributed by atoms with Crippen LogP contribution in [0.15, 0.2) is 48.5 Å². The highest BCUT2D eigenvalue weighted by atomic mass is 32.1. The maximum atomic E-state index is 12.2. The highest BCUT2D eigenvalue weighted by Crippen LogP contribution is 2.24. The molecule has 122 valence electrons. The van der Waals surface area contributed by atoms with Gasteiger partial charge in [0.2, 0.25) is 5.13 Å². The third-order valence-electron chi connectivity index (χ3n) is 3.54. The van der Waals surface area contributed by atoms with Gasteiger partial charge in [-0.3, -0.25) is 10.1 Å². The standard InChI is InChI=1S/C18H17N3O2S/c1-12-7-9-13(10-8-12)17(22)19-18-21-20-16(24-18)11-14-5-3-4-6-15(14)23-2/h3-10H,11H2,1-2H3,(H,19,21,22). The van der Waals surface area contributed by atoms with Crippen molar-refractivity contribution in [2.45, 2.75) is 13.3 Å². The zero-order valence-electron chi connectivity index (χ0n) is 13.4. The molecule has 0 spiro atoms. The van der Waals surface area contributed by atoms with Gasteiger partial charge in [-0.25, -0.2) is 0 Å². The number of carbonyl (C=O) groups is 1. The van der Waals surface area contributed by atoms with Crippen LogP contribution in [0.3, 0.4) is 0 Å². The van der Waals surface area contributed by atoms with Gasteiger partial charge in [0, 0.05) is 17.5 Å². The van der Waals surface area contributed by atoms with E-state index in [1.54, 1.807) is 19.2 Å². The summed E-state index contributed by atoms with van der Waals surface area (Å²) in [5, 5.41) is 12.3. The van der Waals surface area contributed by atoms with E-state index in [1.807, 2.05) is 43.3 Å². The Kier molecular flexibility index (Phi) is 4.86. The summed E-state index contributed by atoms with van der Waals surface area (Å²) < 4.78 is 5.34. The molecule has 0 saturated heterocycles. The molecule has 2 aromatic carbocycles. The molecule has 1 amide bonds. The lowest BCUT2D eigenvalue weighted by Gasteiger charge is -2.05. The number of anilines is 1. The summed E-state index contributed by atoms with van der Waals surface area (Å²) in [5.74, 6) is 0.632. The first kappa shape index (κ1) is 16.1. The maximum absolute atomic E-state index is 12.2. The van der Waals surface area contributed by atoms with E-state index in [9.17, 15) is 4.79 Å². The Morgan fingerprint density at radius 2 is 1.88 bits per heavy atom. The molecule has 0 bridgehead atoms. The number of aromatic nitrogens is 2. The van der Waals surface area contributed by atoms with Gasteiger partial charge in [-0.15, -0.1) is 10.2 Å². The Balaban J connectivity index is 1.69. The fourth-order valence-corrected chi connectivity index (χ4v) is 3.02. The molecule has 0 saturated carbocycles.